The Morgan fingerprint density at radius 2 is 0.655 bits per heavy atom. The highest BCUT2D eigenvalue weighted by Crippen LogP contribution is 2.48. The van der Waals surface area contributed by atoms with Gasteiger partial charge in [-0.3, -0.25) is 29.9 Å². The fourth-order valence-corrected chi connectivity index (χ4v) is 21.6. The molecule has 27 heteroatoms. The first-order valence-electron chi connectivity index (χ1n) is 50.3. The topological polar surface area (TPSA) is 238 Å². The van der Waals surface area contributed by atoms with Gasteiger partial charge in [0.15, 0.2) is 57.6 Å². The number of halogens is 1. The van der Waals surface area contributed by atoms with Gasteiger partial charge in [0, 0.05) is 156 Å². The average molecular weight is 1920 g/mol. The van der Waals surface area contributed by atoms with Crippen LogP contribution in [0.25, 0.3) is 67.9 Å². The van der Waals surface area contributed by atoms with Crippen molar-refractivity contribution in [3.63, 3.8) is 0 Å². The molecule has 740 valence electrons. The van der Waals surface area contributed by atoms with Crippen LogP contribution in [0.5, 0.6) is 92.0 Å². The van der Waals surface area contributed by atoms with E-state index in [1.165, 1.54) is 77.3 Å². The molecule has 12 aromatic rings. The zero-order valence-electron chi connectivity index (χ0n) is 82.8. The summed E-state index contributed by atoms with van der Waals surface area (Å²) < 4.78 is 109. The fraction of sp³-hybridized carbons (Fsp3) is 0.426. The smallest absolute Gasteiger partial charge is 0.181 e. The summed E-state index contributed by atoms with van der Waals surface area (Å²) in [5.74, 6) is 10.1. The molecule has 0 unspecified atom stereocenters. The van der Waals surface area contributed by atoms with Crippen molar-refractivity contribution in [3.8, 4) is 92.0 Å². The predicted molar refractivity (Wildman–Crippen MR) is 547 cm³/mol. The first kappa shape index (κ1) is 95.6. The summed E-state index contributed by atoms with van der Waals surface area (Å²) in [4.78, 5) is 37.2. The molecular weight excluding hydrogens is 1800 g/mol. The molecule has 12 aliphatic rings. The van der Waals surface area contributed by atoms with Crippen LogP contribution in [0.4, 0.5) is 4.39 Å². The zero-order chi connectivity index (χ0) is 96.9. The number of piperidine rings is 2. The third-order valence-electron chi connectivity index (χ3n) is 29.8. The number of ether oxygens (including phenoxy) is 16. The number of fused-ring (bicyclic) bond motifs is 8. The molecule has 0 bridgehead atoms. The number of hydrogen-bond acceptors (Lipinski definition) is 26. The van der Waals surface area contributed by atoms with Crippen LogP contribution in [0.1, 0.15) is 130 Å². The van der Waals surface area contributed by atoms with Crippen molar-refractivity contribution >= 4 is 67.9 Å². The molecule has 4 aliphatic carbocycles. The lowest BCUT2D eigenvalue weighted by Crippen LogP contribution is -2.65. The number of nitrogens with zero attached hydrogens (tertiary/aromatic N) is 10. The maximum Gasteiger partial charge on any atom is 0.181 e. The maximum absolute atomic E-state index is 15.1. The summed E-state index contributed by atoms with van der Waals surface area (Å²) in [7, 11) is 6.61. The molecular formula is C115H127FN10O16. The molecule has 8 aliphatic heterocycles. The first-order valence-corrected chi connectivity index (χ1v) is 50.3. The number of methoxy groups -OCH3 is 4. The van der Waals surface area contributed by atoms with Crippen LogP contribution in [0.2, 0.25) is 0 Å². The van der Waals surface area contributed by atoms with Crippen molar-refractivity contribution in [1.29, 1.82) is 0 Å². The van der Waals surface area contributed by atoms with Crippen molar-refractivity contribution in [1.82, 2.24) is 49.5 Å². The van der Waals surface area contributed by atoms with Crippen LogP contribution in [0.3, 0.4) is 0 Å². The second kappa shape index (κ2) is 42.2. The lowest BCUT2D eigenvalue weighted by molar-refractivity contribution is -0.189. The van der Waals surface area contributed by atoms with Crippen LogP contribution in [-0.4, -0.2) is 236 Å². The van der Waals surface area contributed by atoms with Gasteiger partial charge in [-0.25, -0.2) is 4.39 Å². The van der Waals surface area contributed by atoms with Gasteiger partial charge in [0.25, 0.3) is 0 Å². The number of benzene rings is 6. The Balaban J connectivity index is 0.000000112. The first-order chi connectivity index (χ1) is 69.3. The van der Waals surface area contributed by atoms with Gasteiger partial charge >= 0.3 is 0 Å². The van der Waals surface area contributed by atoms with Gasteiger partial charge in [0.05, 0.1) is 154 Å². The minimum absolute atomic E-state index is 0.0859. The van der Waals surface area contributed by atoms with Crippen molar-refractivity contribution in [3.05, 3.63) is 225 Å². The van der Waals surface area contributed by atoms with Crippen molar-refractivity contribution < 1.29 is 80.2 Å². The van der Waals surface area contributed by atoms with Gasteiger partial charge in [-0.05, 0) is 238 Å². The van der Waals surface area contributed by atoms with Gasteiger partial charge in [0.2, 0.25) is 0 Å². The molecule has 8 saturated heterocycles. The molecule has 0 atom stereocenters. The molecule has 24 rings (SSSR count). The van der Waals surface area contributed by atoms with Gasteiger partial charge < -0.3 is 95.4 Å². The van der Waals surface area contributed by atoms with E-state index >= 15 is 4.39 Å². The summed E-state index contributed by atoms with van der Waals surface area (Å²) in [6, 6.07) is 37.4. The van der Waals surface area contributed by atoms with Crippen LogP contribution >= 0.6 is 0 Å². The predicted octanol–water partition coefficient (Wildman–Crippen LogP) is 21.3. The molecule has 142 heavy (non-hydrogen) atoms. The molecule has 26 nitrogen and oxygen atoms in total. The summed E-state index contributed by atoms with van der Waals surface area (Å²) in [5.41, 5.74) is 18.7. The fourth-order valence-electron chi connectivity index (χ4n) is 21.6. The number of rotatable bonds is 32. The highest BCUT2D eigenvalue weighted by molar-refractivity contribution is 5.92. The number of hydrogen-bond donors (Lipinski definition) is 0. The lowest BCUT2D eigenvalue weighted by atomic mass is 9.77. The van der Waals surface area contributed by atoms with E-state index in [0.29, 0.717) is 128 Å². The van der Waals surface area contributed by atoms with E-state index in [-0.39, 0.29) is 5.75 Å². The highest BCUT2D eigenvalue weighted by Gasteiger charge is 2.49. The van der Waals surface area contributed by atoms with Crippen molar-refractivity contribution in [2.24, 2.45) is 21.7 Å². The molecule has 6 aromatic carbocycles. The lowest BCUT2D eigenvalue weighted by Gasteiger charge is -2.55. The van der Waals surface area contributed by atoms with Crippen LogP contribution in [0.15, 0.2) is 175 Å². The average Bonchev–Trinajstić information content (AvgIpc) is 1.37. The monoisotopic (exact) mass is 1920 g/mol. The van der Waals surface area contributed by atoms with E-state index in [1.54, 1.807) is 65.5 Å². The molecule has 8 fully saturated rings. The van der Waals surface area contributed by atoms with Gasteiger partial charge in [-0.1, -0.05) is 58.7 Å². The van der Waals surface area contributed by atoms with Crippen LogP contribution < -0.4 is 56.8 Å². The van der Waals surface area contributed by atoms with Crippen molar-refractivity contribution in [2.75, 3.05) is 186 Å². The zero-order valence-corrected chi connectivity index (χ0v) is 82.8. The van der Waals surface area contributed by atoms with Gasteiger partial charge in [0.1, 0.15) is 40.2 Å². The molecule has 4 spiro atoms. The Kier molecular flexibility index (Phi) is 28.4. The van der Waals surface area contributed by atoms with Gasteiger partial charge in [-0.15, -0.1) is 0 Å². The second-order valence-electron chi connectivity index (χ2n) is 40.8. The Bertz CT molecular complexity index is 6580. The maximum atomic E-state index is 15.1. The number of aromatic nitrogens is 6. The van der Waals surface area contributed by atoms with E-state index in [4.69, 9.17) is 75.8 Å². The molecule has 14 heterocycles. The van der Waals surface area contributed by atoms with E-state index in [1.807, 2.05) is 97.9 Å². The highest BCUT2D eigenvalue weighted by atomic mass is 19.1. The van der Waals surface area contributed by atoms with Crippen LogP contribution in [-0.2, 0) is 44.6 Å². The van der Waals surface area contributed by atoms with Crippen LogP contribution in [0, 0.1) is 27.5 Å². The second-order valence-corrected chi connectivity index (χ2v) is 40.8. The largest absolute Gasteiger partial charge is 0.493 e. The number of allylic oxidation sites excluding steroid dienone is 4. The minimum atomic E-state index is -0.401. The molecule has 6 aromatic heterocycles. The normalized spacial score (nSPS) is 18.4. The molecule has 0 amide bonds. The Morgan fingerprint density at radius 1 is 0.310 bits per heavy atom. The van der Waals surface area contributed by atoms with E-state index < -0.39 is 5.82 Å². The van der Waals surface area contributed by atoms with Crippen molar-refractivity contribution in [2.45, 2.75) is 111 Å². The summed E-state index contributed by atoms with van der Waals surface area (Å²) >= 11 is 0. The molecule has 0 radical (unpaired) electrons. The Labute approximate surface area is 829 Å². The van der Waals surface area contributed by atoms with E-state index in [9.17, 15) is 0 Å². The van der Waals surface area contributed by atoms with Gasteiger partial charge in [-0.2, -0.15) is 0 Å². The SMILES string of the molecule is COc1cc2c(Oc3ccc4c(c3)C=C(C)C4)ccnc2cc1OCCCN1CCC2(CC1)COC2.COc1cc2c(Oc3ccc4c(c3)C=C(C)C4)ccnc2cc1OCCCN1CCC2(COC2)C1.COc1cc2c(Oc3cnc4c(c3)C=C(C)C4)ccnc2cc1OCCCN1CCC2(CC1)COC2.COc1cc2c(Oc3cnc4c(c3F)C=C(C)C4)ccnc2cc1OCCCN1CC2(COC2)C1. The molecule has 0 saturated carbocycles. The quantitative estimate of drug-likeness (QED) is 0.0356. The summed E-state index contributed by atoms with van der Waals surface area (Å²) in [6.07, 6.45) is 32.3. The summed E-state index contributed by atoms with van der Waals surface area (Å²) in [6.45, 7) is 31.7. The number of likely N-dealkylation sites (tertiary alicyclic amines) is 4. The third-order valence-corrected chi connectivity index (χ3v) is 29.8. The minimum Gasteiger partial charge on any atom is -0.493 e. The van der Waals surface area contributed by atoms with E-state index in [2.05, 4.69) is 113 Å². The third kappa shape index (κ3) is 21.4. The molecule has 0 N–H and O–H groups in total. The summed E-state index contributed by atoms with van der Waals surface area (Å²) in [5, 5.41) is 3.37. The Morgan fingerprint density at radius 3 is 1.06 bits per heavy atom. The van der Waals surface area contributed by atoms with E-state index in [0.717, 1.165) is 260 Å². The standard InChI is InChI=1S/C30H34N2O4.C29H33N3O4.C29H32N2O4.C27H28FN3O4/c1-21-14-22-4-5-24(16-23(22)15-21)36-27-6-9-31-26-18-29(28(33-2)17-25(26)27)35-13-3-10-32-11-7-30(8-12-32)19-34-20-30;1-20-12-21-14-22(17-31-24(21)13-20)36-26-4-7-30-25-16-28(27(33-2)15-23(25)26)35-11-3-8-32-9-5-29(6-10-32)18-34-19-29;1-20-12-21-4-5-23(14-22(21)13-20)35-26-6-8-30-25-16-28(27(32-2)15-24(25)26)34-11-3-9-31-10-7-29(17-31)18-33-19-29;1-17-8-19-20(9-17)30-12-25(26(19)28)35-22-4-5-29-21-11-24(23(32-2)10-18(21)22)34-7-3-6-31-13-27(14-31)15-33-16-27/h4-6,9,15-18H,3,7-8,10-14,19-20H2,1-2H3;4,7,12,14-17H,3,5-6,8-11,13,18-19H2,1-2H3;4-6,8,13-16H,3,7,9-12,17-19H2,1-2H3;4-5,8,10-12H,3,6-7,9,13-16H2,1-2H3. The Hall–Kier alpha value is -12.6. The number of pyridine rings is 6.